The molecule has 0 aliphatic carbocycles. The van der Waals surface area contributed by atoms with E-state index in [0.717, 1.165) is 9.13 Å². The molecule has 0 radical (unpaired) electrons. The summed E-state index contributed by atoms with van der Waals surface area (Å²) in [6, 6.07) is 10.4. The van der Waals surface area contributed by atoms with Crippen molar-refractivity contribution in [2.45, 2.75) is 32.9 Å². The molecule has 0 atom stereocenters. The Kier molecular flexibility index (Phi) is 7.90. The van der Waals surface area contributed by atoms with Gasteiger partial charge in [-0.25, -0.2) is 4.79 Å². The van der Waals surface area contributed by atoms with Crippen LogP contribution in [0.15, 0.2) is 36.4 Å². The first-order valence-electron chi connectivity index (χ1n) is 10.7. The molecule has 0 unspecified atom stereocenters. The van der Waals surface area contributed by atoms with Gasteiger partial charge in [0.2, 0.25) is 11.8 Å². The highest BCUT2D eigenvalue weighted by molar-refractivity contribution is 14.1. The molecule has 182 valence electrons. The van der Waals surface area contributed by atoms with Gasteiger partial charge in [-0.1, -0.05) is 18.2 Å². The van der Waals surface area contributed by atoms with Crippen molar-refractivity contribution in [2.75, 3.05) is 37.5 Å². The summed E-state index contributed by atoms with van der Waals surface area (Å²) in [6.45, 7) is 5.59. The summed E-state index contributed by atoms with van der Waals surface area (Å²) in [5.41, 5.74) is 1.56. The number of nitrogens with zero attached hydrogens (tertiary/aromatic N) is 2. The van der Waals surface area contributed by atoms with E-state index in [9.17, 15) is 14.4 Å². The van der Waals surface area contributed by atoms with Gasteiger partial charge in [0.25, 0.3) is 0 Å². The average Bonchev–Trinajstić information content (AvgIpc) is 2.75. The zero-order chi connectivity index (χ0) is 25.0. The van der Waals surface area contributed by atoms with Crippen LogP contribution in [0.25, 0.3) is 0 Å². The number of rotatable bonds is 7. The molecule has 1 aliphatic heterocycles. The second-order valence-electron chi connectivity index (χ2n) is 8.89. The van der Waals surface area contributed by atoms with E-state index in [1.54, 1.807) is 25.3 Å². The molecule has 2 N–H and O–H groups in total. The monoisotopic (exact) mass is 580 g/mol. The number of ether oxygens (including phenoxy) is 2. The first-order valence-corrected chi connectivity index (χ1v) is 11.8. The standard InChI is InChI=1S/C24H29IN4O5/c1-24(2,3)27-22(31)13-28-12-15-8-6-7-9-18(15)29(23(28)32)14-21(30)26-17-10-16(25)19(33-4)11-20(17)34-5/h6-11H,12-14H2,1-5H3,(H,26,30)(H,27,31). The Morgan fingerprint density at radius 3 is 2.35 bits per heavy atom. The smallest absolute Gasteiger partial charge is 0.325 e. The van der Waals surface area contributed by atoms with Crippen LogP contribution in [0.4, 0.5) is 16.2 Å². The van der Waals surface area contributed by atoms with Crippen LogP contribution in [0, 0.1) is 3.57 Å². The highest BCUT2D eigenvalue weighted by Gasteiger charge is 2.33. The van der Waals surface area contributed by atoms with Gasteiger partial charge < -0.3 is 25.0 Å². The Morgan fingerprint density at radius 2 is 1.71 bits per heavy atom. The number of amides is 4. The Morgan fingerprint density at radius 1 is 1.03 bits per heavy atom. The van der Waals surface area contributed by atoms with Gasteiger partial charge in [0.1, 0.15) is 24.6 Å². The molecule has 1 aliphatic rings. The molecule has 1 heterocycles. The molecule has 0 bridgehead atoms. The maximum Gasteiger partial charge on any atom is 0.325 e. The van der Waals surface area contributed by atoms with Crippen LogP contribution >= 0.6 is 22.6 Å². The van der Waals surface area contributed by atoms with E-state index in [4.69, 9.17) is 9.47 Å². The normalized spacial score (nSPS) is 13.3. The fraction of sp³-hybridized carbons (Fsp3) is 0.375. The predicted octanol–water partition coefficient (Wildman–Crippen LogP) is 3.60. The molecular formula is C24H29IN4O5. The van der Waals surface area contributed by atoms with Crippen LogP contribution < -0.4 is 25.0 Å². The fourth-order valence-corrected chi connectivity index (χ4v) is 4.34. The van der Waals surface area contributed by atoms with Gasteiger partial charge in [0.05, 0.1) is 35.7 Å². The van der Waals surface area contributed by atoms with E-state index >= 15 is 0 Å². The second kappa shape index (κ2) is 10.5. The van der Waals surface area contributed by atoms with Crippen molar-refractivity contribution < 1.29 is 23.9 Å². The van der Waals surface area contributed by atoms with Crippen molar-refractivity contribution in [2.24, 2.45) is 0 Å². The summed E-state index contributed by atoms with van der Waals surface area (Å²) < 4.78 is 11.5. The molecule has 34 heavy (non-hydrogen) atoms. The third-order valence-corrected chi connectivity index (χ3v) is 5.89. The third-order valence-electron chi connectivity index (χ3n) is 5.04. The zero-order valence-electron chi connectivity index (χ0n) is 19.9. The number of benzene rings is 2. The number of anilines is 2. The van der Waals surface area contributed by atoms with Crippen LogP contribution in [0.5, 0.6) is 11.5 Å². The van der Waals surface area contributed by atoms with E-state index in [2.05, 4.69) is 33.2 Å². The van der Waals surface area contributed by atoms with Gasteiger partial charge in [-0.2, -0.15) is 0 Å². The number of halogens is 1. The van der Waals surface area contributed by atoms with Crippen molar-refractivity contribution in [3.63, 3.8) is 0 Å². The number of fused-ring (bicyclic) bond motifs is 1. The van der Waals surface area contributed by atoms with Crippen molar-refractivity contribution >= 4 is 51.8 Å². The van der Waals surface area contributed by atoms with Crippen molar-refractivity contribution in [1.82, 2.24) is 10.2 Å². The van der Waals surface area contributed by atoms with Gasteiger partial charge >= 0.3 is 6.03 Å². The quantitative estimate of drug-likeness (QED) is 0.488. The lowest BCUT2D eigenvalue weighted by molar-refractivity contribution is -0.123. The SMILES string of the molecule is COc1cc(OC)c(NC(=O)CN2C(=O)N(CC(=O)NC(C)(C)C)Cc3ccccc32)cc1I. The van der Waals surface area contributed by atoms with E-state index in [-0.39, 0.29) is 25.5 Å². The molecule has 0 aromatic heterocycles. The number of carbonyl (C=O) groups excluding carboxylic acids is 3. The predicted molar refractivity (Wildman–Crippen MR) is 138 cm³/mol. The van der Waals surface area contributed by atoms with Gasteiger partial charge in [-0.15, -0.1) is 0 Å². The minimum absolute atomic E-state index is 0.104. The zero-order valence-corrected chi connectivity index (χ0v) is 22.1. The summed E-state index contributed by atoms with van der Waals surface area (Å²) >= 11 is 2.11. The summed E-state index contributed by atoms with van der Waals surface area (Å²) in [5, 5.41) is 5.69. The van der Waals surface area contributed by atoms with E-state index in [1.807, 2.05) is 39.0 Å². The molecule has 0 saturated carbocycles. The molecular weight excluding hydrogens is 551 g/mol. The largest absolute Gasteiger partial charge is 0.496 e. The molecule has 2 aromatic carbocycles. The Labute approximate surface area is 212 Å². The molecule has 3 rings (SSSR count). The van der Waals surface area contributed by atoms with Crippen LogP contribution in [0.2, 0.25) is 0 Å². The molecule has 10 heteroatoms. The summed E-state index contributed by atoms with van der Waals surface area (Å²) in [4.78, 5) is 41.6. The van der Waals surface area contributed by atoms with E-state index < -0.39 is 17.5 Å². The molecule has 4 amide bonds. The lowest BCUT2D eigenvalue weighted by Crippen LogP contribution is -2.53. The summed E-state index contributed by atoms with van der Waals surface area (Å²) in [5.74, 6) is 0.404. The molecule has 2 aromatic rings. The molecule has 0 fully saturated rings. The first-order chi connectivity index (χ1) is 16.0. The number of nitrogens with one attached hydrogen (secondary N) is 2. The lowest BCUT2D eigenvalue weighted by atomic mass is 10.1. The van der Waals surface area contributed by atoms with Crippen molar-refractivity contribution in [3.8, 4) is 11.5 Å². The second-order valence-corrected chi connectivity index (χ2v) is 10.0. The van der Waals surface area contributed by atoms with Crippen molar-refractivity contribution in [3.05, 3.63) is 45.5 Å². The number of urea groups is 1. The minimum atomic E-state index is -0.414. The molecule has 0 saturated heterocycles. The third kappa shape index (κ3) is 6.10. The summed E-state index contributed by atoms with van der Waals surface area (Å²) in [7, 11) is 3.06. The number of para-hydroxylation sites is 1. The molecule has 0 spiro atoms. The number of methoxy groups -OCH3 is 2. The van der Waals surface area contributed by atoms with Crippen LogP contribution in [0.3, 0.4) is 0 Å². The van der Waals surface area contributed by atoms with Crippen LogP contribution in [-0.2, 0) is 16.1 Å². The fourth-order valence-electron chi connectivity index (χ4n) is 3.65. The van der Waals surface area contributed by atoms with Gasteiger partial charge in [0, 0.05) is 11.6 Å². The number of carbonyl (C=O) groups is 3. The number of hydrogen-bond donors (Lipinski definition) is 2. The Balaban J connectivity index is 1.81. The topological polar surface area (TPSA) is 100 Å². The first kappa shape index (κ1) is 25.6. The average molecular weight is 580 g/mol. The highest BCUT2D eigenvalue weighted by Crippen LogP contribution is 2.34. The maximum atomic E-state index is 13.3. The minimum Gasteiger partial charge on any atom is -0.496 e. The Hall–Kier alpha value is -3.02. The maximum absolute atomic E-state index is 13.3. The lowest BCUT2D eigenvalue weighted by Gasteiger charge is -2.36. The number of hydrogen-bond acceptors (Lipinski definition) is 5. The van der Waals surface area contributed by atoms with Crippen LogP contribution in [0.1, 0.15) is 26.3 Å². The summed E-state index contributed by atoms with van der Waals surface area (Å²) in [6.07, 6.45) is 0. The van der Waals surface area contributed by atoms with E-state index in [0.29, 0.717) is 22.9 Å². The molecule has 9 nitrogen and oxygen atoms in total. The highest BCUT2D eigenvalue weighted by atomic mass is 127. The van der Waals surface area contributed by atoms with Gasteiger partial charge in [-0.3, -0.25) is 14.5 Å². The van der Waals surface area contributed by atoms with E-state index in [1.165, 1.54) is 16.9 Å². The van der Waals surface area contributed by atoms with Gasteiger partial charge in [0.15, 0.2) is 0 Å². The van der Waals surface area contributed by atoms with Crippen LogP contribution in [-0.4, -0.2) is 55.6 Å². The van der Waals surface area contributed by atoms with Gasteiger partial charge in [-0.05, 0) is 61.1 Å². The van der Waals surface area contributed by atoms with Crippen molar-refractivity contribution in [1.29, 1.82) is 0 Å². The Bertz CT molecular complexity index is 1100.